The lowest BCUT2D eigenvalue weighted by molar-refractivity contribution is -0.201. The van der Waals surface area contributed by atoms with Crippen LogP contribution in [0.25, 0.3) is 0 Å². The molecule has 0 N–H and O–H groups in total. The number of hydrogen-bond donors (Lipinski definition) is 0. The molecule has 0 saturated carbocycles. The summed E-state index contributed by atoms with van der Waals surface area (Å²) >= 11 is 0. The van der Waals surface area contributed by atoms with Crippen LogP contribution < -0.4 is 4.74 Å². The Balaban J connectivity index is 0.000000847. The maximum absolute atomic E-state index is 14.2. The zero-order valence-corrected chi connectivity index (χ0v) is 13.5. The summed E-state index contributed by atoms with van der Waals surface area (Å²) < 4.78 is 33.5. The quantitative estimate of drug-likeness (QED) is 0.662. The highest BCUT2D eigenvalue weighted by atomic mass is 19.3. The van der Waals surface area contributed by atoms with Crippen molar-refractivity contribution >= 4 is 0 Å². The fraction of sp³-hybridized carbons (Fsp3) is 0.368. The number of hydrogen-bond acceptors (Lipinski definition) is 1. The molecule has 3 heteroatoms. The first kappa shape index (κ1) is 16.5. The second kappa shape index (κ2) is 6.47. The van der Waals surface area contributed by atoms with Gasteiger partial charge in [-0.2, -0.15) is 8.78 Å². The van der Waals surface area contributed by atoms with Crippen LogP contribution in [0.15, 0.2) is 42.5 Å². The summed E-state index contributed by atoms with van der Waals surface area (Å²) in [4.78, 5) is 0. The molecule has 3 rings (SSSR count). The highest BCUT2D eigenvalue weighted by molar-refractivity contribution is 5.42. The molecule has 1 atom stereocenters. The van der Waals surface area contributed by atoms with Crippen LogP contribution in [-0.2, 0) is 6.42 Å². The zero-order valence-electron chi connectivity index (χ0n) is 13.5. The molecule has 0 aromatic heterocycles. The van der Waals surface area contributed by atoms with E-state index in [1.807, 2.05) is 52.0 Å². The maximum atomic E-state index is 14.2. The van der Waals surface area contributed by atoms with Crippen molar-refractivity contribution < 1.29 is 13.5 Å². The summed E-state index contributed by atoms with van der Waals surface area (Å²) in [6.45, 7) is 7.81. The van der Waals surface area contributed by atoms with Crippen molar-refractivity contribution in [3.63, 3.8) is 0 Å². The second-order valence-electron chi connectivity index (χ2n) is 5.44. The second-order valence-corrected chi connectivity index (χ2v) is 5.44. The predicted octanol–water partition coefficient (Wildman–Crippen LogP) is 5.64. The van der Waals surface area contributed by atoms with Gasteiger partial charge in [0.2, 0.25) is 0 Å². The Morgan fingerprint density at radius 3 is 2.18 bits per heavy atom. The van der Waals surface area contributed by atoms with E-state index in [1.165, 1.54) is 0 Å². The van der Waals surface area contributed by atoms with Crippen molar-refractivity contribution in [2.75, 3.05) is 0 Å². The van der Waals surface area contributed by atoms with Gasteiger partial charge in [-0.3, -0.25) is 0 Å². The van der Waals surface area contributed by atoms with Gasteiger partial charge in [-0.25, -0.2) is 0 Å². The van der Waals surface area contributed by atoms with E-state index in [2.05, 4.69) is 0 Å². The van der Waals surface area contributed by atoms with Crippen LogP contribution in [-0.4, -0.2) is 6.11 Å². The van der Waals surface area contributed by atoms with E-state index in [9.17, 15) is 8.78 Å². The number of ether oxygens (including phenoxy) is 1. The fourth-order valence-corrected chi connectivity index (χ4v) is 2.59. The van der Waals surface area contributed by atoms with Crippen LogP contribution in [0.2, 0.25) is 0 Å². The smallest absolute Gasteiger partial charge is 0.405 e. The number of rotatable bonds is 1. The molecule has 0 amide bonds. The lowest BCUT2D eigenvalue weighted by Gasteiger charge is -2.33. The topological polar surface area (TPSA) is 9.23 Å². The number of fused-ring (bicyclic) bond motifs is 1. The van der Waals surface area contributed by atoms with Gasteiger partial charge < -0.3 is 4.74 Å². The Labute approximate surface area is 130 Å². The summed E-state index contributed by atoms with van der Waals surface area (Å²) in [7, 11) is 0. The minimum Gasteiger partial charge on any atom is -0.432 e. The van der Waals surface area contributed by atoms with Gasteiger partial charge in [0.15, 0.2) is 0 Å². The van der Waals surface area contributed by atoms with Crippen LogP contribution in [0.4, 0.5) is 8.78 Å². The van der Waals surface area contributed by atoms with E-state index in [1.54, 1.807) is 18.2 Å². The van der Waals surface area contributed by atoms with Crippen molar-refractivity contribution in [3.8, 4) is 5.75 Å². The van der Waals surface area contributed by atoms with Crippen molar-refractivity contribution in [3.05, 3.63) is 64.7 Å². The van der Waals surface area contributed by atoms with E-state index in [0.717, 1.165) is 16.7 Å². The zero-order chi connectivity index (χ0) is 16.3. The Hall–Kier alpha value is -1.90. The van der Waals surface area contributed by atoms with Crippen LogP contribution in [0.3, 0.4) is 0 Å². The van der Waals surface area contributed by atoms with Gasteiger partial charge in [-0.05, 0) is 43.0 Å². The molecule has 2 aromatic rings. The van der Waals surface area contributed by atoms with Gasteiger partial charge in [0.05, 0.1) is 5.92 Å². The molecule has 2 aromatic carbocycles. The third kappa shape index (κ3) is 3.29. The molecule has 0 spiro atoms. The molecule has 0 saturated heterocycles. The van der Waals surface area contributed by atoms with Gasteiger partial charge in [0.25, 0.3) is 0 Å². The molecule has 0 radical (unpaired) electrons. The number of halogens is 2. The maximum Gasteiger partial charge on any atom is 0.405 e. The SMILES string of the molecule is CC.Cc1ccc(C2Cc3ccc(C)cc3OC2(F)F)cc1. The van der Waals surface area contributed by atoms with Crippen LogP contribution in [0.5, 0.6) is 5.75 Å². The van der Waals surface area contributed by atoms with E-state index >= 15 is 0 Å². The molecule has 22 heavy (non-hydrogen) atoms. The lowest BCUT2D eigenvalue weighted by atomic mass is 9.88. The van der Waals surface area contributed by atoms with Crippen molar-refractivity contribution in [1.82, 2.24) is 0 Å². The highest BCUT2D eigenvalue weighted by Gasteiger charge is 2.47. The predicted molar refractivity (Wildman–Crippen MR) is 85.7 cm³/mol. The monoisotopic (exact) mass is 304 g/mol. The van der Waals surface area contributed by atoms with E-state index in [4.69, 9.17) is 4.74 Å². The molecule has 0 aliphatic carbocycles. The molecule has 1 nitrogen and oxygen atoms in total. The summed E-state index contributed by atoms with van der Waals surface area (Å²) in [6.07, 6.45) is -2.87. The van der Waals surface area contributed by atoms with E-state index in [-0.39, 0.29) is 0 Å². The van der Waals surface area contributed by atoms with Crippen LogP contribution >= 0.6 is 0 Å². The minimum atomic E-state index is -3.17. The van der Waals surface area contributed by atoms with E-state index in [0.29, 0.717) is 17.7 Å². The van der Waals surface area contributed by atoms with Crippen molar-refractivity contribution in [1.29, 1.82) is 0 Å². The minimum absolute atomic E-state index is 0.297. The Morgan fingerprint density at radius 2 is 1.55 bits per heavy atom. The Morgan fingerprint density at radius 1 is 0.955 bits per heavy atom. The molecule has 1 aliphatic rings. The molecule has 118 valence electrons. The summed E-state index contributed by atoms with van der Waals surface area (Å²) in [6, 6.07) is 12.7. The largest absolute Gasteiger partial charge is 0.432 e. The molecular formula is C19H22F2O. The van der Waals surface area contributed by atoms with Crippen molar-refractivity contribution in [2.24, 2.45) is 0 Å². The normalized spacial score (nSPS) is 18.5. The number of aryl methyl sites for hydroxylation is 2. The average Bonchev–Trinajstić information content (AvgIpc) is 2.49. The third-order valence-corrected chi connectivity index (χ3v) is 3.78. The standard InChI is InChI=1S/C17H16F2O.C2H6/c1-11-3-6-13(7-4-11)15-10-14-8-5-12(2)9-16(14)20-17(15,18)19;1-2/h3-9,15H,10H2,1-2H3;1-2H3. The van der Waals surface area contributed by atoms with Crippen LogP contribution in [0.1, 0.15) is 42.0 Å². The molecule has 0 fully saturated rings. The molecule has 1 unspecified atom stereocenters. The summed E-state index contributed by atoms with van der Waals surface area (Å²) in [5.41, 5.74) is 3.44. The van der Waals surface area contributed by atoms with Crippen molar-refractivity contribution in [2.45, 2.75) is 46.1 Å². The molecule has 1 heterocycles. The van der Waals surface area contributed by atoms with Crippen LogP contribution in [0, 0.1) is 13.8 Å². The van der Waals surface area contributed by atoms with Gasteiger partial charge in [0.1, 0.15) is 5.75 Å². The third-order valence-electron chi connectivity index (χ3n) is 3.78. The Kier molecular flexibility index (Phi) is 4.84. The van der Waals surface area contributed by atoms with Gasteiger partial charge in [-0.15, -0.1) is 0 Å². The van der Waals surface area contributed by atoms with Gasteiger partial charge >= 0.3 is 6.11 Å². The Bertz CT molecular complexity index is 632. The fourth-order valence-electron chi connectivity index (χ4n) is 2.59. The van der Waals surface area contributed by atoms with Gasteiger partial charge in [0, 0.05) is 0 Å². The number of benzene rings is 2. The first-order chi connectivity index (χ1) is 10.5. The highest BCUT2D eigenvalue weighted by Crippen LogP contribution is 2.44. The summed E-state index contributed by atoms with van der Waals surface area (Å²) in [5.74, 6) is -0.628. The molecule has 0 bridgehead atoms. The molecular weight excluding hydrogens is 282 g/mol. The first-order valence-electron chi connectivity index (χ1n) is 7.68. The van der Waals surface area contributed by atoms with Gasteiger partial charge in [-0.1, -0.05) is 55.8 Å². The number of alkyl halides is 2. The summed E-state index contributed by atoms with van der Waals surface area (Å²) in [5, 5.41) is 0. The average molecular weight is 304 g/mol. The first-order valence-corrected chi connectivity index (χ1v) is 7.68. The lowest BCUT2D eigenvalue weighted by Crippen LogP contribution is -2.38. The molecule has 1 aliphatic heterocycles. The van der Waals surface area contributed by atoms with E-state index < -0.39 is 12.0 Å².